The number of carbonyl (C=O) groups excluding carboxylic acids is 1. The highest BCUT2D eigenvalue weighted by Crippen LogP contribution is 2.36. The average Bonchev–Trinajstić information content (AvgIpc) is 2.36. The van der Waals surface area contributed by atoms with Gasteiger partial charge in [0.05, 0.1) is 0 Å². The summed E-state index contributed by atoms with van der Waals surface area (Å²) < 4.78 is 36.4. The highest BCUT2D eigenvalue weighted by molar-refractivity contribution is 8.00. The number of thioether (sulfide) groups is 1. The quantitative estimate of drug-likeness (QED) is 0.696. The summed E-state index contributed by atoms with van der Waals surface area (Å²) in [7, 11) is 0. The van der Waals surface area contributed by atoms with Gasteiger partial charge in [0, 0.05) is 23.5 Å². The molecule has 0 bridgehead atoms. The first-order chi connectivity index (χ1) is 9.73. The fourth-order valence-electron chi connectivity index (χ4n) is 1.44. The number of rotatable bonds is 6. The van der Waals surface area contributed by atoms with Crippen molar-refractivity contribution in [2.45, 2.75) is 22.9 Å². The van der Waals surface area contributed by atoms with Gasteiger partial charge >= 0.3 is 11.5 Å². The summed E-state index contributed by atoms with van der Waals surface area (Å²) in [5.41, 5.74) is -4.38. The van der Waals surface area contributed by atoms with Crippen LogP contribution in [0.2, 0.25) is 0 Å². The minimum Gasteiger partial charge on any atom is -0.480 e. The number of hydrogen-bond donors (Lipinski definition) is 3. The van der Waals surface area contributed by atoms with E-state index in [2.05, 4.69) is 5.32 Å². The Labute approximate surface area is 122 Å². The van der Waals surface area contributed by atoms with Crippen molar-refractivity contribution in [3.63, 3.8) is 0 Å². The summed E-state index contributed by atoms with van der Waals surface area (Å²) in [5.74, 6) is -2.04. The lowest BCUT2D eigenvalue weighted by Gasteiger charge is -2.13. The van der Waals surface area contributed by atoms with Crippen LogP contribution < -0.4 is 5.32 Å². The van der Waals surface area contributed by atoms with Gasteiger partial charge in [-0.3, -0.25) is 4.79 Å². The maximum absolute atomic E-state index is 12.1. The van der Waals surface area contributed by atoms with E-state index in [0.29, 0.717) is 0 Å². The topological polar surface area (TPSA) is 86.6 Å². The maximum atomic E-state index is 12.1. The molecular weight excluding hydrogens is 311 g/mol. The van der Waals surface area contributed by atoms with Gasteiger partial charge in [-0.05, 0) is 36.0 Å². The molecule has 1 atom stereocenters. The molecule has 1 amide bonds. The first kappa shape index (κ1) is 17.3. The van der Waals surface area contributed by atoms with Crippen LogP contribution in [0.5, 0.6) is 0 Å². The summed E-state index contributed by atoms with van der Waals surface area (Å²) >= 11 is -0.311. The first-order valence-electron chi connectivity index (χ1n) is 5.73. The molecule has 0 fully saturated rings. The van der Waals surface area contributed by atoms with Gasteiger partial charge in [0.2, 0.25) is 0 Å². The zero-order chi connectivity index (χ0) is 16.0. The lowest BCUT2D eigenvalue weighted by Crippen LogP contribution is -2.41. The molecule has 9 heteroatoms. The van der Waals surface area contributed by atoms with Crippen LogP contribution >= 0.6 is 11.8 Å². The third-order valence-electron chi connectivity index (χ3n) is 2.37. The second-order valence-electron chi connectivity index (χ2n) is 3.95. The molecule has 0 unspecified atom stereocenters. The molecule has 0 heterocycles. The summed E-state index contributed by atoms with van der Waals surface area (Å²) in [6.07, 6.45) is -0.164. The Morgan fingerprint density at radius 2 is 1.81 bits per heavy atom. The van der Waals surface area contributed by atoms with Gasteiger partial charge in [-0.25, -0.2) is 4.79 Å². The van der Waals surface area contributed by atoms with E-state index < -0.39 is 30.0 Å². The van der Waals surface area contributed by atoms with Gasteiger partial charge in [-0.2, -0.15) is 13.2 Å². The van der Waals surface area contributed by atoms with Crippen molar-refractivity contribution in [3.8, 4) is 0 Å². The number of aliphatic carboxylic acids is 1. The van der Waals surface area contributed by atoms with Gasteiger partial charge in [-0.15, -0.1) is 0 Å². The molecule has 5 nitrogen and oxygen atoms in total. The molecule has 0 aromatic heterocycles. The Hall–Kier alpha value is -1.74. The zero-order valence-corrected chi connectivity index (χ0v) is 11.4. The fourth-order valence-corrected chi connectivity index (χ4v) is 1.98. The van der Waals surface area contributed by atoms with Crippen LogP contribution in [0.4, 0.5) is 13.2 Å². The Morgan fingerprint density at radius 1 is 1.24 bits per heavy atom. The number of aliphatic hydroxyl groups is 1. The molecule has 0 aliphatic rings. The molecule has 21 heavy (non-hydrogen) atoms. The summed E-state index contributed by atoms with van der Waals surface area (Å²) in [6.45, 7) is -0.418. The molecule has 0 spiro atoms. The SMILES string of the molecule is O=C(N[C@@H](CCO)C(=O)O)c1ccc(SC(F)(F)F)cc1. The Balaban J connectivity index is 2.72. The van der Waals surface area contributed by atoms with E-state index in [1.807, 2.05) is 0 Å². The number of amides is 1. The fraction of sp³-hybridized carbons (Fsp3) is 0.333. The molecule has 3 N–H and O–H groups in total. The second kappa shape index (κ2) is 7.32. The number of aliphatic hydroxyl groups excluding tert-OH is 1. The Morgan fingerprint density at radius 3 is 2.24 bits per heavy atom. The second-order valence-corrected chi connectivity index (χ2v) is 5.09. The summed E-state index contributed by atoms with van der Waals surface area (Å²) in [4.78, 5) is 22.5. The van der Waals surface area contributed by atoms with Crippen LogP contribution in [0.3, 0.4) is 0 Å². The summed E-state index contributed by atoms with van der Waals surface area (Å²) in [6, 6.07) is 3.32. The van der Waals surface area contributed by atoms with Gasteiger partial charge in [-0.1, -0.05) is 0 Å². The van der Waals surface area contributed by atoms with Crippen molar-refractivity contribution < 1.29 is 33.0 Å². The van der Waals surface area contributed by atoms with Gasteiger partial charge in [0.1, 0.15) is 6.04 Å². The predicted molar refractivity (Wildman–Crippen MR) is 68.9 cm³/mol. The van der Waals surface area contributed by atoms with E-state index in [9.17, 15) is 22.8 Å². The third kappa shape index (κ3) is 6.05. The number of benzene rings is 1. The van der Waals surface area contributed by atoms with Crippen molar-refractivity contribution in [1.82, 2.24) is 5.32 Å². The Bertz CT molecular complexity index is 504. The van der Waals surface area contributed by atoms with Crippen LogP contribution in [0.15, 0.2) is 29.2 Å². The van der Waals surface area contributed by atoms with E-state index in [4.69, 9.17) is 10.2 Å². The van der Waals surface area contributed by atoms with E-state index >= 15 is 0 Å². The number of nitrogens with one attached hydrogen (secondary N) is 1. The molecule has 1 aromatic rings. The molecule has 0 aliphatic carbocycles. The van der Waals surface area contributed by atoms with Crippen molar-refractivity contribution in [2.75, 3.05) is 6.61 Å². The molecule has 1 rings (SSSR count). The lowest BCUT2D eigenvalue weighted by molar-refractivity contribution is -0.139. The van der Waals surface area contributed by atoms with Crippen LogP contribution in [-0.4, -0.2) is 40.2 Å². The van der Waals surface area contributed by atoms with Crippen molar-refractivity contribution in [2.24, 2.45) is 0 Å². The predicted octanol–water partition coefficient (Wildman–Crippen LogP) is 1.86. The smallest absolute Gasteiger partial charge is 0.446 e. The monoisotopic (exact) mass is 323 g/mol. The van der Waals surface area contributed by atoms with E-state index in [-0.39, 0.29) is 28.6 Å². The number of alkyl halides is 3. The minimum absolute atomic E-state index is 0.0331. The molecule has 116 valence electrons. The van der Waals surface area contributed by atoms with Crippen LogP contribution in [0, 0.1) is 0 Å². The van der Waals surface area contributed by atoms with Gasteiger partial charge in [0.15, 0.2) is 0 Å². The van der Waals surface area contributed by atoms with Gasteiger partial charge < -0.3 is 15.5 Å². The van der Waals surface area contributed by atoms with Crippen LogP contribution in [-0.2, 0) is 4.79 Å². The summed E-state index contributed by atoms with van der Waals surface area (Å²) in [5, 5.41) is 19.7. The number of hydrogen-bond acceptors (Lipinski definition) is 4. The highest BCUT2D eigenvalue weighted by Gasteiger charge is 2.29. The third-order valence-corrected chi connectivity index (χ3v) is 3.11. The maximum Gasteiger partial charge on any atom is 0.446 e. The van der Waals surface area contributed by atoms with Gasteiger partial charge in [0.25, 0.3) is 5.91 Å². The molecule has 0 saturated carbocycles. The van der Waals surface area contributed by atoms with E-state index in [1.54, 1.807) is 0 Å². The number of carbonyl (C=O) groups is 2. The minimum atomic E-state index is -4.42. The van der Waals surface area contributed by atoms with Crippen molar-refractivity contribution in [3.05, 3.63) is 29.8 Å². The molecule has 0 radical (unpaired) electrons. The number of halogens is 3. The largest absolute Gasteiger partial charge is 0.480 e. The molecular formula is C12H12F3NO4S. The molecule has 0 saturated heterocycles. The average molecular weight is 323 g/mol. The van der Waals surface area contributed by atoms with Crippen molar-refractivity contribution in [1.29, 1.82) is 0 Å². The van der Waals surface area contributed by atoms with Crippen LogP contribution in [0.25, 0.3) is 0 Å². The van der Waals surface area contributed by atoms with Crippen molar-refractivity contribution >= 4 is 23.6 Å². The Kier molecular flexibility index (Phi) is 6.03. The van der Waals surface area contributed by atoms with Crippen LogP contribution in [0.1, 0.15) is 16.8 Å². The lowest BCUT2D eigenvalue weighted by atomic mass is 10.1. The standard InChI is InChI=1S/C12H12F3NO4S/c13-12(14,15)21-8-3-1-7(2-4-8)10(18)16-9(5-6-17)11(19)20/h1-4,9,17H,5-6H2,(H,16,18)(H,19,20)/t9-/m0/s1. The number of carboxylic acids is 1. The number of carboxylic acid groups (broad SMARTS) is 1. The van der Waals surface area contributed by atoms with E-state index in [1.165, 1.54) is 12.1 Å². The molecule has 0 aliphatic heterocycles. The normalized spacial score (nSPS) is 12.8. The highest BCUT2D eigenvalue weighted by atomic mass is 32.2. The molecule has 1 aromatic carbocycles. The first-order valence-corrected chi connectivity index (χ1v) is 6.55. The van der Waals surface area contributed by atoms with E-state index in [0.717, 1.165) is 12.1 Å². The zero-order valence-electron chi connectivity index (χ0n) is 10.6.